The van der Waals surface area contributed by atoms with Crippen LogP contribution in [-0.4, -0.2) is 0 Å². The molecule has 0 fully saturated rings. The summed E-state index contributed by atoms with van der Waals surface area (Å²) in [6.45, 7) is 0.668. The van der Waals surface area contributed by atoms with Gasteiger partial charge in [-0.05, 0) is 77.9 Å². The molecule has 1 aliphatic carbocycles. The maximum atomic E-state index is 12.6. The van der Waals surface area contributed by atoms with Gasteiger partial charge in [0.15, 0.2) is 0 Å². The van der Waals surface area contributed by atoms with Gasteiger partial charge >= 0.3 is 6.18 Å². The summed E-state index contributed by atoms with van der Waals surface area (Å²) in [7, 11) is 0. The van der Waals surface area contributed by atoms with Gasteiger partial charge in [0.05, 0.1) is 5.56 Å². The van der Waals surface area contributed by atoms with Crippen molar-refractivity contribution in [2.24, 2.45) is 0 Å². The molecule has 1 aliphatic rings. The minimum atomic E-state index is -4.32. The highest BCUT2D eigenvalue weighted by atomic mass is 19.4. The SMILES string of the molecule is FC(F)(F)c1ccc(COc2ccc(COc3ccc4c(c3)CC[CH]4)cc2)cc1. The topological polar surface area (TPSA) is 18.5 Å². The summed E-state index contributed by atoms with van der Waals surface area (Å²) in [4.78, 5) is 0. The van der Waals surface area contributed by atoms with E-state index in [9.17, 15) is 13.2 Å². The van der Waals surface area contributed by atoms with Crippen LogP contribution in [0, 0.1) is 6.42 Å². The zero-order valence-electron chi connectivity index (χ0n) is 15.7. The molecule has 5 heteroatoms. The van der Waals surface area contributed by atoms with E-state index in [0.717, 1.165) is 36.3 Å². The van der Waals surface area contributed by atoms with E-state index in [1.165, 1.54) is 23.3 Å². The number of ether oxygens (including phenoxy) is 2. The van der Waals surface area contributed by atoms with Crippen LogP contribution in [0.15, 0.2) is 66.7 Å². The lowest BCUT2D eigenvalue weighted by molar-refractivity contribution is -0.137. The quantitative estimate of drug-likeness (QED) is 0.482. The number of hydrogen-bond donors (Lipinski definition) is 0. The first kappa shape index (κ1) is 19.4. The van der Waals surface area contributed by atoms with E-state index in [0.29, 0.717) is 17.9 Å². The van der Waals surface area contributed by atoms with Gasteiger partial charge in [-0.2, -0.15) is 13.2 Å². The summed E-state index contributed by atoms with van der Waals surface area (Å²) in [5, 5.41) is 0. The van der Waals surface area contributed by atoms with Crippen molar-refractivity contribution in [2.45, 2.75) is 32.2 Å². The summed E-state index contributed by atoms with van der Waals surface area (Å²) in [5.41, 5.74) is 3.66. The average molecular weight is 397 g/mol. The lowest BCUT2D eigenvalue weighted by atomic mass is 10.1. The molecule has 1 radical (unpaired) electrons. The van der Waals surface area contributed by atoms with Crippen LogP contribution in [0.25, 0.3) is 0 Å². The van der Waals surface area contributed by atoms with E-state index in [1.807, 2.05) is 30.3 Å². The van der Waals surface area contributed by atoms with E-state index in [2.05, 4.69) is 18.6 Å². The Kier molecular flexibility index (Phi) is 5.47. The normalized spacial score (nSPS) is 13.2. The first-order valence-electron chi connectivity index (χ1n) is 9.44. The molecule has 0 amide bonds. The van der Waals surface area contributed by atoms with Crippen LogP contribution in [0.1, 0.15) is 34.2 Å². The second-order valence-electron chi connectivity index (χ2n) is 7.02. The molecule has 0 bridgehead atoms. The molecule has 0 N–H and O–H groups in total. The van der Waals surface area contributed by atoms with Crippen molar-refractivity contribution in [3.05, 3.63) is 101 Å². The molecule has 29 heavy (non-hydrogen) atoms. The second kappa shape index (κ2) is 8.19. The van der Waals surface area contributed by atoms with Crippen LogP contribution >= 0.6 is 0 Å². The fraction of sp³-hybridized carbons (Fsp3) is 0.208. The minimum Gasteiger partial charge on any atom is -0.489 e. The van der Waals surface area contributed by atoms with E-state index in [4.69, 9.17) is 9.47 Å². The minimum absolute atomic E-state index is 0.208. The van der Waals surface area contributed by atoms with E-state index in [1.54, 1.807) is 0 Å². The van der Waals surface area contributed by atoms with Crippen LogP contribution in [-0.2, 0) is 25.8 Å². The Morgan fingerprint density at radius 3 is 1.97 bits per heavy atom. The summed E-state index contributed by atoms with van der Waals surface area (Å²) in [5.74, 6) is 1.52. The Bertz CT molecular complexity index is 961. The van der Waals surface area contributed by atoms with Crippen LogP contribution in [0.2, 0.25) is 0 Å². The molecule has 3 aromatic rings. The molecular weight excluding hydrogens is 377 g/mol. The zero-order valence-corrected chi connectivity index (χ0v) is 15.7. The Morgan fingerprint density at radius 1 is 0.724 bits per heavy atom. The summed E-state index contributed by atoms with van der Waals surface area (Å²) >= 11 is 0. The molecule has 4 rings (SSSR count). The largest absolute Gasteiger partial charge is 0.489 e. The van der Waals surface area contributed by atoms with Gasteiger partial charge in [-0.1, -0.05) is 30.3 Å². The lowest BCUT2D eigenvalue weighted by Crippen LogP contribution is -2.05. The van der Waals surface area contributed by atoms with Crippen molar-refractivity contribution in [2.75, 3.05) is 0 Å². The maximum absolute atomic E-state index is 12.6. The Morgan fingerprint density at radius 2 is 1.31 bits per heavy atom. The Balaban J connectivity index is 1.29. The van der Waals surface area contributed by atoms with Crippen molar-refractivity contribution in [1.82, 2.24) is 0 Å². The van der Waals surface area contributed by atoms with Crippen molar-refractivity contribution < 1.29 is 22.6 Å². The van der Waals surface area contributed by atoms with Crippen LogP contribution < -0.4 is 9.47 Å². The van der Waals surface area contributed by atoms with Gasteiger partial charge in [-0.15, -0.1) is 0 Å². The highest BCUT2D eigenvalue weighted by Crippen LogP contribution is 2.29. The highest BCUT2D eigenvalue weighted by molar-refractivity contribution is 5.43. The van der Waals surface area contributed by atoms with Gasteiger partial charge in [-0.25, -0.2) is 0 Å². The number of aryl methyl sites for hydroxylation is 1. The van der Waals surface area contributed by atoms with Gasteiger partial charge < -0.3 is 9.47 Å². The molecule has 0 aliphatic heterocycles. The van der Waals surface area contributed by atoms with E-state index >= 15 is 0 Å². The number of alkyl halides is 3. The third-order valence-electron chi connectivity index (χ3n) is 4.91. The zero-order chi connectivity index (χ0) is 20.3. The molecule has 149 valence electrons. The number of benzene rings is 3. The van der Waals surface area contributed by atoms with E-state index < -0.39 is 11.7 Å². The molecule has 0 unspecified atom stereocenters. The predicted molar refractivity (Wildman–Crippen MR) is 105 cm³/mol. The summed E-state index contributed by atoms with van der Waals surface area (Å²) < 4.78 is 49.3. The number of fused-ring (bicyclic) bond motifs is 1. The maximum Gasteiger partial charge on any atom is 0.416 e. The van der Waals surface area contributed by atoms with Crippen molar-refractivity contribution in [3.8, 4) is 11.5 Å². The smallest absolute Gasteiger partial charge is 0.416 e. The van der Waals surface area contributed by atoms with Crippen LogP contribution in [0.5, 0.6) is 11.5 Å². The Hall–Kier alpha value is -2.95. The summed E-state index contributed by atoms with van der Waals surface area (Å²) in [6, 6.07) is 18.7. The standard InChI is InChI=1S/C24H20F3O2/c25-24(26,27)21-9-4-17(5-10-21)15-28-22-11-6-18(7-12-22)16-29-23-13-8-19-2-1-3-20(19)14-23/h2,4-14H,1,3,15-16H2. The number of halogens is 3. The lowest BCUT2D eigenvalue weighted by Gasteiger charge is -2.10. The molecule has 0 spiro atoms. The van der Waals surface area contributed by atoms with Gasteiger partial charge in [0, 0.05) is 0 Å². The third kappa shape index (κ3) is 4.91. The third-order valence-corrected chi connectivity index (χ3v) is 4.91. The fourth-order valence-corrected chi connectivity index (χ4v) is 3.28. The first-order valence-corrected chi connectivity index (χ1v) is 9.44. The highest BCUT2D eigenvalue weighted by Gasteiger charge is 2.29. The molecule has 3 aromatic carbocycles. The van der Waals surface area contributed by atoms with Crippen molar-refractivity contribution in [3.63, 3.8) is 0 Å². The average Bonchev–Trinajstić information content (AvgIpc) is 3.19. The predicted octanol–water partition coefficient (Wildman–Crippen LogP) is 6.36. The van der Waals surface area contributed by atoms with E-state index in [-0.39, 0.29) is 6.61 Å². The van der Waals surface area contributed by atoms with Gasteiger partial charge in [-0.3, -0.25) is 0 Å². The molecule has 0 atom stereocenters. The molecule has 2 nitrogen and oxygen atoms in total. The monoisotopic (exact) mass is 397 g/mol. The number of rotatable bonds is 6. The molecule has 0 saturated carbocycles. The summed E-state index contributed by atoms with van der Waals surface area (Å²) in [6.07, 6.45) is 0.0717. The first-order chi connectivity index (χ1) is 14.0. The molecule has 0 saturated heterocycles. The van der Waals surface area contributed by atoms with Gasteiger partial charge in [0.1, 0.15) is 24.7 Å². The second-order valence-corrected chi connectivity index (χ2v) is 7.02. The molecule has 0 aromatic heterocycles. The van der Waals surface area contributed by atoms with Gasteiger partial charge in [0.2, 0.25) is 0 Å². The number of hydrogen-bond acceptors (Lipinski definition) is 2. The van der Waals surface area contributed by atoms with Gasteiger partial charge in [0.25, 0.3) is 0 Å². The molecular formula is C24H20F3O2. The fourth-order valence-electron chi connectivity index (χ4n) is 3.28. The molecule has 0 heterocycles. The van der Waals surface area contributed by atoms with Crippen molar-refractivity contribution >= 4 is 0 Å². The Labute approximate surface area is 167 Å². The van der Waals surface area contributed by atoms with Crippen LogP contribution in [0.3, 0.4) is 0 Å². The van der Waals surface area contributed by atoms with Crippen molar-refractivity contribution in [1.29, 1.82) is 0 Å². The van der Waals surface area contributed by atoms with Crippen LogP contribution in [0.4, 0.5) is 13.2 Å².